The van der Waals surface area contributed by atoms with E-state index in [1.165, 1.54) is 36.4 Å². The zero-order valence-corrected chi connectivity index (χ0v) is 48.5. The van der Waals surface area contributed by atoms with Gasteiger partial charge in [0.1, 0.15) is 47.1 Å². The highest BCUT2D eigenvalue weighted by Gasteiger charge is 2.49. The summed E-state index contributed by atoms with van der Waals surface area (Å²) >= 11 is 0. The van der Waals surface area contributed by atoms with Gasteiger partial charge in [0, 0.05) is 84.1 Å². The number of aliphatic hydroxyl groups is 3. The number of nitrogens with one attached hydrogen (secondary N) is 5. The topological polar surface area (TPSA) is 252 Å². The average Bonchev–Trinajstić information content (AvgIpc) is 1.47. The first-order valence-electron chi connectivity index (χ1n) is 30.1. The van der Waals surface area contributed by atoms with Crippen LogP contribution in [-0.2, 0) is 64.0 Å². The molecule has 0 spiro atoms. The smallest absolute Gasteiger partial charge is 0.253 e. The number of hydrogen-bond donors (Lipinski definition) is 8. The molecule has 0 fully saturated rings. The molecule has 15 rings (SSSR count). The molecule has 23 heteroatoms. The maximum atomic E-state index is 14.4. The zero-order valence-electron chi connectivity index (χ0n) is 48.5. The molecule has 3 unspecified atom stereocenters. The molecule has 90 heavy (non-hydrogen) atoms. The third-order valence-corrected chi connectivity index (χ3v) is 17.4. The van der Waals surface area contributed by atoms with Crippen LogP contribution in [0.2, 0.25) is 0 Å². The predicted molar refractivity (Wildman–Crippen MR) is 332 cm³/mol. The zero-order chi connectivity index (χ0) is 61.0. The van der Waals surface area contributed by atoms with Crippen LogP contribution in [0.15, 0.2) is 146 Å². The van der Waals surface area contributed by atoms with Gasteiger partial charge in [-0.25, -0.2) is 28.1 Å². The second-order valence-electron chi connectivity index (χ2n) is 23.0. The van der Waals surface area contributed by atoms with Crippen LogP contribution in [0.3, 0.4) is 0 Å². The molecule has 3 atom stereocenters. The maximum Gasteiger partial charge on any atom is 0.253 e. The number of aliphatic hydroxyl groups excluding tert-OH is 2. The number of aryl methyl sites for hydroxylation is 1. The first-order chi connectivity index (χ1) is 44.0. The summed E-state index contributed by atoms with van der Waals surface area (Å²) in [5.74, 6) is 1.45. The number of aromatic nitrogens is 12. The van der Waals surface area contributed by atoms with Gasteiger partial charge in [-0.1, -0.05) is 72.8 Å². The summed E-state index contributed by atoms with van der Waals surface area (Å²) in [6.45, 7) is 3.32. The molecule has 8 heterocycles. The van der Waals surface area contributed by atoms with Gasteiger partial charge in [-0.3, -0.25) is 0 Å². The normalized spacial score (nSPS) is 15.3. The van der Waals surface area contributed by atoms with E-state index in [4.69, 9.17) is 45.2 Å². The van der Waals surface area contributed by atoms with Crippen molar-refractivity contribution in [1.82, 2.24) is 69.9 Å². The summed E-state index contributed by atoms with van der Waals surface area (Å²) in [6, 6.07) is 34.8. The number of halogens is 3. The lowest BCUT2D eigenvalue weighted by Gasteiger charge is -2.39. The van der Waals surface area contributed by atoms with Gasteiger partial charge in [0.05, 0.1) is 52.2 Å². The molecule has 12 aromatic rings. The number of anilines is 3. The minimum Gasteiger partial charge on any atom is -0.385 e. The SMILES string of the molecule is OC(c1cccc2c1cnn2-c1nc2c(c(NCc3cccc(F)c3)n1)CCNC2)C(O)(c1cccc2c1cnn2-c1nc2c(c(NCc3cccc(F)c3)n1)CCCC2)C(O)c1cccc2c1cnn2-c1nc2c(c(NCc3cccc(F)c3)n1)CNCC2. The Morgan fingerprint density at radius 2 is 0.878 bits per heavy atom. The van der Waals surface area contributed by atoms with Gasteiger partial charge in [0.25, 0.3) is 17.8 Å². The van der Waals surface area contributed by atoms with Crippen molar-refractivity contribution in [2.45, 2.75) is 89.1 Å². The quantitative estimate of drug-likeness (QED) is 0.0423. The summed E-state index contributed by atoms with van der Waals surface area (Å²) in [7, 11) is 0. The molecule has 6 aromatic carbocycles. The van der Waals surface area contributed by atoms with E-state index in [-0.39, 0.29) is 52.0 Å². The van der Waals surface area contributed by atoms with Crippen molar-refractivity contribution in [2.24, 2.45) is 0 Å². The van der Waals surface area contributed by atoms with E-state index in [0.717, 1.165) is 76.3 Å². The van der Waals surface area contributed by atoms with Crippen LogP contribution in [0.1, 0.15) is 92.2 Å². The lowest BCUT2D eigenvalue weighted by molar-refractivity contribution is -0.156. The molecule has 0 saturated heterocycles. The molecule has 0 radical (unpaired) electrons. The largest absolute Gasteiger partial charge is 0.385 e. The van der Waals surface area contributed by atoms with E-state index < -0.39 is 17.8 Å². The average molecular weight is 1210 g/mol. The van der Waals surface area contributed by atoms with Gasteiger partial charge in [-0.15, -0.1) is 0 Å². The van der Waals surface area contributed by atoms with Crippen molar-refractivity contribution in [3.8, 4) is 17.8 Å². The standard InChI is InChI=1S/C67H60F3N17O3/c68-41-12-3-9-38(27-41)30-73-61-46-15-1-2-19-53(46)79-64(82-61)87-58-22-8-18-52(50(58)36-78-87)67(90,59(88)44-16-6-20-56-48(44)34-76-85(56)65-80-54-24-26-71-33-51(54)63(84-65)75-32-40-11-5-14-43(70)29-40)60(89)45-17-7-21-57-49(45)35-77-86(57)66-81-55-37-72-25-23-47(55)62(83-66)74-31-39-10-4-13-42(69)28-39/h3-14,16-18,20-22,27-29,34-36,59-60,71-72,88-90H,1-2,15,19,23-26,30-33,37H2,(H,73,79,82)(H,74,81,83)(H,75,80,84). The molecule has 452 valence electrons. The maximum absolute atomic E-state index is 14.4. The summed E-state index contributed by atoms with van der Waals surface area (Å²) in [5.41, 5.74) is 6.89. The van der Waals surface area contributed by atoms with Crippen LogP contribution in [0, 0.1) is 17.5 Å². The molecule has 1 aliphatic carbocycles. The van der Waals surface area contributed by atoms with E-state index >= 15 is 0 Å². The Morgan fingerprint density at radius 1 is 0.456 bits per heavy atom. The van der Waals surface area contributed by atoms with Gasteiger partial charge in [-0.05, 0) is 121 Å². The fourth-order valence-corrected chi connectivity index (χ4v) is 12.9. The predicted octanol–water partition coefficient (Wildman–Crippen LogP) is 9.15. The van der Waals surface area contributed by atoms with Crippen molar-refractivity contribution in [3.63, 3.8) is 0 Å². The number of fused-ring (bicyclic) bond motifs is 6. The Balaban J connectivity index is 0.849. The molecule has 3 aliphatic rings. The molecular formula is C67H60F3N17O3. The monoisotopic (exact) mass is 1210 g/mol. The summed E-state index contributed by atoms with van der Waals surface area (Å²) in [6.07, 6.45) is 5.57. The fourth-order valence-electron chi connectivity index (χ4n) is 12.9. The van der Waals surface area contributed by atoms with Gasteiger partial charge in [-0.2, -0.15) is 44.3 Å². The first-order valence-corrected chi connectivity index (χ1v) is 30.1. The van der Waals surface area contributed by atoms with Crippen molar-refractivity contribution < 1.29 is 28.5 Å². The summed E-state index contributed by atoms with van der Waals surface area (Å²) < 4.78 is 47.7. The second-order valence-corrected chi connectivity index (χ2v) is 23.0. The van der Waals surface area contributed by atoms with Crippen LogP contribution < -0.4 is 26.6 Å². The minimum absolute atomic E-state index is 0.127. The van der Waals surface area contributed by atoms with E-state index in [1.807, 2.05) is 36.4 Å². The third-order valence-electron chi connectivity index (χ3n) is 17.4. The molecule has 6 aromatic heterocycles. The number of hydrogen-bond acceptors (Lipinski definition) is 17. The lowest BCUT2D eigenvalue weighted by atomic mass is 9.75. The summed E-state index contributed by atoms with van der Waals surface area (Å²) in [5, 5.41) is 74.0. The molecule has 0 bridgehead atoms. The molecular weight excluding hydrogens is 1150 g/mol. The molecule has 0 amide bonds. The number of benzene rings is 6. The highest BCUT2D eigenvalue weighted by molar-refractivity contribution is 5.88. The third kappa shape index (κ3) is 10.4. The number of nitrogens with zero attached hydrogens (tertiary/aromatic N) is 12. The van der Waals surface area contributed by atoms with Crippen LogP contribution in [0.5, 0.6) is 0 Å². The van der Waals surface area contributed by atoms with E-state index in [2.05, 4.69) is 26.6 Å². The van der Waals surface area contributed by atoms with Crippen LogP contribution >= 0.6 is 0 Å². The van der Waals surface area contributed by atoms with E-state index in [0.29, 0.717) is 109 Å². The molecule has 20 nitrogen and oxygen atoms in total. The Labute approximate surface area is 513 Å². The van der Waals surface area contributed by atoms with Gasteiger partial charge in [0.15, 0.2) is 5.60 Å². The van der Waals surface area contributed by atoms with Crippen molar-refractivity contribution in [2.75, 3.05) is 29.0 Å². The Kier molecular flexibility index (Phi) is 14.7. The highest BCUT2D eigenvalue weighted by atomic mass is 19.1. The Morgan fingerprint density at radius 3 is 1.41 bits per heavy atom. The lowest BCUT2D eigenvalue weighted by Crippen LogP contribution is -2.40. The fraction of sp³-hybridized carbons (Fsp3) is 0.239. The van der Waals surface area contributed by atoms with Crippen molar-refractivity contribution >= 4 is 50.2 Å². The first kappa shape index (κ1) is 56.5. The Hall–Kier alpha value is -10.0. The minimum atomic E-state index is -2.60. The van der Waals surface area contributed by atoms with Gasteiger partial charge < -0.3 is 41.9 Å². The molecule has 2 aliphatic heterocycles. The van der Waals surface area contributed by atoms with Crippen molar-refractivity contribution in [1.29, 1.82) is 0 Å². The highest BCUT2D eigenvalue weighted by Crippen LogP contribution is 2.50. The van der Waals surface area contributed by atoms with E-state index in [9.17, 15) is 28.5 Å². The van der Waals surface area contributed by atoms with Crippen molar-refractivity contribution in [3.05, 3.63) is 231 Å². The van der Waals surface area contributed by atoms with E-state index in [1.54, 1.807) is 87.2 Å². The Bertz CT molecular complexity index is 4550. The van der Waals surface area contributed by atoms with Gasteiger partial charge in [0.2, 0.25) is 0 Å². The molecule has 0 saturated carbocycles. The molecule has 8 N–H and O–H groups in total. The van der Waals surface area contributed by atoms with Crippen LogP contribution in [0.4, 0.5) is 30.6 Å². The van der Waals surface area contributed by atoms with Crippen LogP contribution in [0.25, 0.3) is 50.6 Å². The summed E-state index contributed by atoms with van der Waals surface area (Å²) in [4.78, 5) is 30.1. The number of rotatable bonds is 17. The second kappa shape index (κ2) is 23.5. The van der Waals surface area contributed by atoms with Gasteiger partial charge >= 0.3 is 0 Å². The van der Waals surface area contributed by atoms with Crippen LogP contribution in [-0.4, -0.2) is 87.7 Å².